The zero-order chi connectivity index (χ0) is 23.6. The number of nitrogens with one attached hydrogen (secondary N) is 3. The summed E-state index contributed by atoms with van der Waals surface area (Å²) in [6.45, 7) is 2.10. The molecule has 10 nitrogen and oxygen atoms in total. The van der Waals surface area contributed by atoms with Crippen molar-refractivity contribution in [3.05, 3.63) is 54.5 Å². The van der Waals surface area contributed by atoms with Crippen LogP contribution in [0.2, 0.25) is 0 Å². The lowest BCUT2D eigenvalue weighted by molar-refractivity contribution is 0.330. The minimum absolute atomic E-state index is 0.0265. The molecule has 0 spiro atoms. The Labute approximate surface area is 189 Å². The van der Waals surface area contributed by atoms with Gasteiger partial charge < -0.3 is 15.4 Å². The van der Waals surface area contributed by atoms with Gasteiger partial charge in [-0.3, -0.25) is 5.10 Å². The number of fused-ring (bicyclic) bond motifs is 1. The van der Waals surface area contributed by atoms with Crippen molar-refractivity contribution >= 4 is 44.2 Å². The maximum absolute atomic E-state index is 13.6. The van der Waals surface area contributed by atoms with Crippen molar-refractivity contribution in [2.75, 3.05) is 31.3 Å². The number of aromatic nitrogens is 4. The molecule has 4 rings (SSSR count). The molecule has 0 saturated heterocycles. The van der Waals surface area contributed by atoms with Gasteiger partial charge in [-0.2, -0.15) is 10.1 Å². The largest absolute Gasteiger partial charge is 0.492 e. The summed E-state index contributed by atoms with van der Waals surface area (Å²) in [6.07, 6.45) is 1.53. The van der Waals surface area contributed by atoms with E-state index in [1.165, 1.54) is 38.5 Å². The molecular weight excluding hydrogens is 449 g/mol. The van der Waals surface area contributed by atoms with Gasteiger partial charge in [0.05, 0.1) is 12.1 Å². The lowest BCUT2D eigenvalue weighted by atomic mass is 10.2. The molecule has 0 bridgehead atoms. The second kappa shape index (κ2) is 9.00. The lowest BCUT2D eigenvalue weighted by Gasteiger charge is -2.16. The number of hydrogen-bond donors (Lipinski definition) is 3. The van der Waals surface area contributed by atoms with Gasteiger partial charge in [-0.25, -0.2) is 22.1 Å². The Balaban J connectivity index is 1.61. The standard InChI is InChI=1S/C21H22FN7O3S/c1-4-32-17-8-6-14(12-18(17)33(30,31)29(2)3)24-21-23-10-9-19(26-21)25-20-15-11-13(22)5-7-16(15)27-28-20/h5-12H,4H2,1-3H3,(H3,23,24,25,26,27,28). The molecule has 4 aromatic rings. The second-order valence-corrected chi connectivity index (χ2v) is 9.28. The number of ether oxygens (including phenoxy) is 1. The van der Waals surface area contributed by atoms with Gasteiger partial charge in [0.25, 0.3) is 0 Å². The van der Waals surface area contributed by atoms with Crippen LogP contribution in [0.25, 0.3) is 10.9 Å². The number of aromatic amines is 1. The summed E-state index contributed by atoms with van der Waals surface area (Å²) in [5.41, 5.74) is 1.14. The molecule has 12 heteroatoms. The molecule has 0 saturated carbocycles. The van der Waals surface area contributed by atoms with E-state index in [0.717, 1.165) is 4.31 Å². The molecule has 2 aromatic carbocycles. The summed E-state index contributed by atoms with van der Waals surface area (Å²) < 4.78 is 45.7. The molecule has 2 aromatic heterocycles. The van der Waals surface area contributed by atoms with Crippen LogP contribution >= 0.6 is 0 Å². The normalized spacial score (nSPS) is 11.7. The average molecular weight is 472 g/mol. The summed E-state index contributed by atoms with van der Waals surface area (Å²) in [7, 11) is -0.834. The number of benzene rings is 2. The summed E-state index contributed by atoms with van der Waals surface area (Å²) in [5, 5.41) is 13.6. The molecule has 2 heterocycles. The predicted octanol–water partition coefficient (Wildman–Crippen LogP) is 3.63. The van der Waals surface area contributed by atoms with Crippen LogP contribution < -0.4 is 15.4 Å². The number of anilines is 4. The Morgan fingerprint density at radius 2 is 1.94 bits per heavy atom. The Morgan fingerprint density at radius 3 is 2.70 bits per heavy atom. The van der Waals surface area contributed by atoms with Crippen molar-refractivity contribution in [3.63, 3.8) is 0 Å². The Hall–Kier alpha value is -3.77. The van der Waals surface area contributed by atoms with Crippen LogP contribution in [0.1, 0.15) is 6.92 Å². The first-order chi connectivity index (χ1) is 15.8. The van der Waals surface area contributed by atoms with E-state index in [-0.39, 0.29) is 22.4 Å². The zero-order valence-corrected chi connectivity index (χ0v) is 18.9. The quantitative estimate of drug-likeness (QED) is 0.356. The first-order valence-electron chi connectivity index (χ1n) is 9.98. The number of sulfonamides is 1. The van der Waals surface area contributed by atoms with Crippen molar-refractivity contribution in [3.8, 4) is 5.75 Å². The SMILES string of the molecule is CCOc1ccc(Nc2nccc(Nc3n[nH]c4ccc(F)cc34)n2)cc1S(=O)(=O)N(C)C. The van der Waals surface area contributed by atoms with E-state index in [1.54, 1.807) is 31.2 Å². The summed E-state index contributed by atoms with van der Waals surface area (Å²) in [5.74, 6) is 0.928. The zero-order valence-electron chi connectivity index (χ0n) is 18.1. The van der Waals surface area contributed by atoms with Crippen molar-refractivity contribution < 1.29 is 17.5 Å². The molecule has 0 amide bonds. The van der Waals surface area contributed by atoms with Gasteiger partial charge in [0.2, 0.25) is 16.0 Å². The van der Waals surface area contributed by atoms with Crippen LogP contribution in [0.15, 0.2) is 53.6 Å². The van der Waals surface area contributed by atoms with E-state index in [4.69, 9.17) is 4.74 Å². The molecule has 0 radical (unpaired) electrons. The summed E-state index contributed by atoms with van der Waals surface area (Å²) in [4.78, 5) is 8.60. The lowest BCUT2D eigenvalue weighted by Crippen LogP contribution is -2.23. The van der Waals surface area contributed by atoms with Crippen LogP contribution in [0.3, 0.4) is 0 Å². The molecule has 0 unspecified atom stereocenters. The third kappa shape index (κ3) is 4.71. The monoisotopic (exact) mass is 471 g/mol. The first-order valence-corrected chi connectivity index (χ1v) is 11.4. The van der Waals surface area contributed by atoms with Crippen LogP contribution in [0.4, 0.5) is 27.7 Å². The van der Waals surface area contributed by atoms with Crippen LogP contribution in [0.5, 0.6) is 5.75 Å². The highest BCUT2D eigenvalue weighted by Gasteiger charge is 2.23. The van der Waals surface area contributed by atoms with Gasteiger partial charge in [0.1, 0.15) is 22.3 Å². The van der Waals surface area contributed by atoms with Crippen LogP contribution in [-0.4, -0.2) is 53.6 Å². The molecule has 0 aliphatic heterocycles. The molecule has 0 atom stereocenters. The van der Waals surface area contributed by atoms with Crippen molar-refractivity contribution in [2.45, 2.75) is 11.8 Å². The maximum atomic E-state index is 13.6. The third-order valence-electron chi connectivity index (χ3n) is 4.69. The summed E-state index contributed by atoms with van der Waals surface area (Å²) in [6, 6.07) is 10.7. The Kier molecular flexibility index (Phi) is 6.11. The van der Waals surface area contributed by atoms with E-state index in [9.17, 15) is 12.8 Å². The Bertz CT molecular complexity index is 1410. The van der Waals surface area contributed by atoms with Gasteiger partial charge in [-0.15, -0.1) is 0 Å². The van der Waals surface area contributed by atoms with Crippen LogP contribution in [-0.2, 0) is 10.0 Å². The van der Waals surface area contributed by atoms with Gasteiger partial charge in [0, 0.05) is 31.4 Å². The number of H-pyrrole nitrogens is 1. The van der Waals surface area contributed by atoms with E-state index >= 15 is 0 Å². The van der Waals surface area contributed by atoms with E-state index < -0.39 is 10.0 Å². The van der Waals surface area contributed by atoms with Crippen molar-refractivity contribution in [2.24, 2.45) is 0 Å². The molecule has 0 fully saturated rings. The smallest absolute Gasteiger partial charge is 0.246 e. The topological polar surface area (TPSA) is 125 Å². The van der Waals surface area contributed by atoms with Gasteiger partial charge in [-0.05, 0) is 49.4 Å². The molecule has 33 heavy (non-hydrogen) atoms. The minimum Gasteiger partial charge on any atom is -0.492 e. The van der Waals surface area contributed by atoms with Crippen molar-refractivity contribution in [1.29, 1.82) is 0 Å². The fourth-order valence-electron chi connectivity index (χ4n) is 3.08. The third-order valence-corrected chi connectivity index (χ3v) is 6.52. The fourth-order valence-corrected chi connectivity index (χ4v) is 4.13. The van der Waals surface area contributed by atoms with E-state index in [2.05, 4.69) is 30.8 Å². The molecule has 3 N–H and O–H groups in total. The molecule has 0 aliphatic rings. The van der Waals surface area contributed by atoms with Crippen LogP contribution in [0, 0.1) is 5.82 Å². The van der Waals surface area contributed by atoms with E-state index in [1.807, 2.05) is 0 Å². The number of halogens is 1. The highest BCUT2D eigenvalue weighted by Crippen LogP contribution is 2.30. The highest BCUT2D eigenvalue weighted by atomic mass is 32.2. The predicted molar refractivity (Wildman–Crippen MR) is 123 cm³/mol. The number of hydrogen-bond acceptors (Lipinski definition) is 8. The molecule has 0 aliphatic carbocycles. The second-order valence-electron chi connectivity index (χ2n) is 7.16. The van der Waals surface area contributed by atoms with E-state index in [0.29, 0.717) is 34.8 Å². The average Bonchev–Trinajstić information content (AvgIpc) is 3.17. The number of rotatable bonds is 8. The molecular formula is C21H22FN7O3S. The van der Waals surface area contributed by atoms with Gasteiger partial charge in [0.15, 0.2) is 5.82 Å². The van der Waals surface area contributed by atoms with Crippen molar-refractivity contribution in [1.82, 2.24) is 24.5 Å². The van der Waals surface area contributed by atoms with Gasteiger partial charge in [-0.1, -0.05) is 0 Å². The minimum atomic E-state index is -3.74. The first kappa shape index (κ1) is 22.4. The number of nitrogens with zero attached hydrogens (tertiary/aromatic N) is 4. The fraction of sp³-hybridized carbons (Fsp3) is 0.190. The summed E-state index contributed by atoms with van der Waals surface area (Å²) >= 11 is 0. The molecule has 172 valence electrons. The maximum Gasteiger partial charge on any atom is 0.246 e. The Morgan fingerprint density at radius 1 is 1.12 bits per heavy atom. The highest BCUT2D eigenvalue weighted by molar-refractivity contribution is 7.89. The van der Waals surface area contributed by atoms with Gasteiger partial charge >= 0.3 is 0 Å².